The maximum atomic E-state index is 9.74. The van der Waals surface area contributed by atoms with Crippen molar-refractivity contribution in [2.75, 3.05) is 0 Å². The van der Waals surface area contributed by atoms with Gasteiger partial charge in [-0.3, -0.25) is 5.10 Å². The molecule has 1 aliphatic rings. The maximum Gasteiger partial charge on any atom is 0.244 e. The molecule has 1 aromatic heterocycles. The minimum atomic E-state index is -0.402. The van der Waals surface area contributed by atoms with Crippen molar-refractivity contribution in [2.24, 2.45) is 5.73 Å². The van der Waals surface area contributed by atoms with E-state index in [9.17, 15) is 5.26 Å². The second kappa shape index (κ2) is 7.12. The Morgan fingerprint density at radius 1 is 1.21 bits per heavy atom. The predicted octanol–water partition coefficient (Wildman–Crippen LogP) is 3.82. The van der Waals surface area contributed by atoms with Crippen LogP contribution in [0, 0.1) is 25.2 Å². The van der Waals surface area contributed by atoms with Gasteiger partial charge in [0.1, 0.15) is 24.0 Å². The van der Waals surface area contributed by atoms with Gasteiger partial charge in [0.2, 0.25) is 11.8 Å². The molecule has 0 saturated carbocycles. The zero-order valence-corrected chi connectivity index (χ0v) is 15.7. The third-order valence-electron chi connectivity index (χ3n) is 4.84. The van der Waals surface area contributed by atoms with Crippen LogP contribution < -0.4 is 15.2 Å². The number of allylic oxidation sites excluding steroid dienone is 1. The average molecular weight is 372 g/mol. The van der Waals surface area contributed by atoms with Crippen LogP contribution in [0.4, 0.5) is 0 Å². The fourth-order valence-corrected chi connectivity index (χ4v) is 3.52. The molecule has 0 fully saturated rings. The average Bonchev–Trinajstić information content (AvgIpc) is 3.06. The molecule has 3 aromatic rings. The largest absolute Gasteiger partial charge is 0.489 e. The van der Waals surface area contributed by atoms with E-state index in [1.807, 2.05) is 43.3 Å². The summed E-state index contributed by atoms with van der Waals surface area (Å²) in [5.74, 6) is 0.761. The first-order valence-electron chi connectivity index (χ1n) is 8.98. The standard InChI is InChI=1S/C22H20N4O2/c1-13-6-5-7-15(10-13)12-27-18-9-4-3-8-16(18)20-17(11-23)21(24)28-22-19(20)14(2)25-26-22/h3-10,20H,12,24H2,1-2H3,(H,25,26)/t20-/m1/s1. The van der Waals surface area contributed by atoms with Gasteiger partial charge in [0.25, 0.3) is 0 Å². The van der Waals surface area contributed by atoms with Crippen LogP contribution in [0.25, 0.3) is 0 Å². The van der Waals surface area contributed by atoms with E-state index in [2.05, 4.69) is 35.3 Å². The Hall–Kier alpha value is -3.72. The van der Waals surface area contributed by atoms with E-state index in [0.717, 1.165) is 22.4 Å². The fraction of sp³-hybridized carbons (Fsp3) is 0.182. The number of benzene rings is 2. The van der Waals surface area contributed by atoms with Crippen LogP contribution in [-0.2, 0) is 6.61 Å². The third kappa shape index (κ3) is 3.08. The molecule has 4 rings (SSSR count). The number of para-hydroxylation sites is 1. The zero-order valence-electron chi connectivity index (χ0n) is 15.7. The molecule has 6 heteroatoms. The highest BCUT2D eigenvalue weighted by molar-refractivity contribution is 5.57. The highest BCUT2D eigenvalue weighted by Crippen LogP contribution is 2.45. The van der Waals surface area contributed by atoms with Gasteiger partial charge in [0.05, 0.1) is 5.92 Å². The normalized spacial score (nSPS) is 15.5. The van der Waals surface area contributed by atoms with E-state index < -0.39 is 5.92 Å². The molecular formula is C22H20N4O2. The van der Waals surface area contributed by atoms with Crippen molar-refractivity contribution < 1.29 is 9.47 Å². The first-order valence-corrected chi connectivity index (χ1v) is 8.98. The maximum absolute atomic E-state index is 9.74. The lowest BCUT2D eigenvalue weighted by Crippen LogP contribution is -2.21. The third-order valence-corrected chi connectivity index (χ3v) is 4.84. The van der Waals surface area contributed by atoms with Crippen molar-refractivity contribution in [1.29, 1.82) is 5.26 Å². The highest BCUT2D eigenvalue weighted by atomic mass is 16.5. The van der Waals surface area contributed by atoms with Gasteiger partial charge in [-0.1, -0.05) is 48.0 Å². The van der Waals surface area contributed by atoms with E-state index in [-0.39, 0.29) is 5.88 Å². The molecule has 1 atom stereocenters. The van der Waals surface area contributed by atoms with Crippen molar-refractivity contribution in [3.8, 4) is 17.7 Å². The van der Waals surface area contributed by atoms with Gasteiger partial charge in [0, 0.05) is 16.8 Å². The zero-order chi connectivity index (χ0) is 19.7. The number of nitrogens with two attached hydrogens (primary N) is 1. The topological polar surface area (TPSA) is 96.9 Å². The number of ether oxygens (including phenoxy) is 2. The number of H-pyrrole nitrogens is 1. The Morgan fingerprint density at radius 3 is 2.82 bits per heavy atom. The van der Waals surface area contributed by atoms with Crippen LogP contribution >= 0.6 is 0 Å². The first-order chi connectivity index (χ1) is 13.6. The van der Waals surface area contributed by atoms with Crippen molar-refractivity contribution in [3.05, 3.63) is 87.9 Å². The van der Waals surface area contributed by atoms with E-state index in [1.54, 1.807) is 0 Å². The van der Waals surface area contributed by atoms with Gasteiger partial charge < -0.3 is 15.2 Å². The summed E-state index contributed by atoms with van der Waals surface area (Å²) in [5.41, 5.74) is 11.1. The quantitative estimate of drug-likeness (QED) is 0.725. The van der Waals surface area contributed by atoms with E-state index in [1.165, 1.54) is 5.56 Å². The van der Waals surface area contributed by atoms with Gasteiger partial charge in [-0.25, -0.2) is 0 Å². The van der Waals surface area contributed by atoms with Crippen LogP contribution in [-0.4, -0.2) is 10.2 Å². The second-order valence-electron chi connectivity index (χ2n) is 6.81. The Balaban J connectivity index is 1.75. The van der Waals surface area contributed by atoms with Crippen LogP contribution in [0.15, 0.2) is 60.0 Å². The van der Waals surface area contributed by atoms with Crippen molar-refractivity contribution in [2.45, 2.75) is 26.4 Å². The Labute approximate surface area is 163 Å². The number of nitriles is 1. The van der Waals surface area contributed by atoms with Crippen LogP contribution in [0.2, 0.25) is 0 Å². The molecule has 0 spiro atoms. The molecule has 3 N–H and O–H groups in total. The van der Waals surface area contributed by atoms with E-state index >= 15 is 0 Å². The number of hydrogen-bond acceptors (Lipinski definition) is 5. The van der Waals surface area contributed by atoms with Gasteiger partial charge in [-0.05, 0) is 25.5 Å². The lowest BCUT2D eigenvalue weighted by atomic mass is 9.83. The number of hydrogen-bond donors (Lipinski definition) is 2. The number of nitrogens with zero attached hydrogens (tertiary/aromatic N) is 2. The molecule has 28 heavy (non-hydrogen) atoms. The lowest BCUT2D eigenvalue weighted by molar-refractivity contribution is 0.301. The molecule has 0 bridgehead atoms. The monoisotopic (exact) mass is 372 g/mol. The Morgan fingerprint density at radius 2 is 2.04 bits per heavy atom. The molecule has 0 aliphatic carbocycles. The number of rotatable bonds is 4. The molecule has 2 heterocycles. The number of aryl methyl sites for hydroxylation is 2. The number of aromatic nitrogens is 2. The molecule has 1 aliphatic heterocycles. The summed E-state index contributed by atoms with van der Waals surface area (Å²) >= 11 is 0. The number of aromatic amines is 1. The minimum absolute atomic E-state index is 0.0694. The molecule has 0 saturated heterocycles. The molecule has 140 valence electrons. The van der Waals surface area contributed by atoms with Gasteiger partial charge in [0.15, 0.2) is 0 Å². The first kappa shape index (κ1) is 17.7. The van der Waals surface area contributed by atoms with E-state index in [4.69, 9.17) is 15.2 Å². The second-order valence-corrected chi connectivity index (χ2v) is 6.81. The lowest BCUT2D eigenvalue weighted by Gasteiger charge is -2.25. The van der Waals surface area contributed by atoms with Gasteiger partial charge >= 0.3 is 0 Å². The van der Waals surface area contributed by atoms with Gasteiger partial charge in [-0.2, -0.15) is 5.26 Å². The predicted molar refractivity (Wildman–Crippen MR) is 105 cm³/mol. The van der Waals surface area contributed by atoms with Crippen LogP contribution in [0.3, 0.4) is 0 Å². The summed E-state index contributed by atoms with van der Waals surface area (Å²) < 4.78 is 11.7. The summed E-state index contributed by atoms with van der Waals surface area (Å²) in [6.07, 6.45) is 0. The van der Waals surface area contributed by atoms with Crippen molar-refractivity contribution >= 4 is 0 Å². The Bertz CT molecular complexity index is 1110. The summed E-state index contributed by atoms with van der Waals surface area (Å²) in [5, 5.41) is 16.8. The molecule has 2 aromatic carbocycles. The summed E-state index contributed by atoms with van der Waals surface area (Å²) in [6, 6.07) is 18.1. The summed E-state index contributed by atoms with van der Waals surface area (Å²) in [6.45, 7) is 4.38. The molecule has 0 radical (unpaired) electrons. The Kier molecular flexibility index (Phi) is 4.50. The molecule has 6 nitrogen and oxygen atoms in total. The highest BCUT2D eigenvalue weighted by Gasteiger charge is 2.35. The van der Waals surface area contributed by atoms with Crippen molar-refractivity contribution in [3.63, 3.8) is 0 Å². The minimum Gasteiger partial charge on any atom is -0.489 e. The molecule has 0 amide bonds. The SMILES string of the molecule is Cc1cccc(COc2ccccc2[C@@H]2C(C#N)=C(N)Oc3n[nH]c(C)c32)c1. The molecular weight excluding hydrogens is 352 g/mol. The fourth-order valence-electron chi connectivity index (χ4n) is 3.52. The summed E-state index contributed by atoms with van der Waals surface area (Å²) in [4.78, 5) is 0. The van der Waals surface area contributed by atoms with Gasteiger partial charge in [-0.15, -0.1) is 5.10 Å². The van der Waals surface area contributed by atoms with Crippen LogP contribution in [0.5, 0.6) is 11.6 Å². The van der Waals surface area contributed by atoms with E-state index in [0.29, 0.717) is 23.8 Å². The van der Waals surface area contributed by atoms with Crippen molar-refractivity contribution in [1.82, 2.24) is 10.2 Å². The molecule has 0 unspecified atom stereocenters. The smallest absolute Gasteiger partial charge is 0.244 e. The van der Waals surface area contributed by atoms with Crippen LogP contribution in [0.1, 0.15) is 33.9 Å². The number of fused-ring (bicyclic) bond motifs is 1. The summed E-state index contributed by atoms with van der Waals surface area (Å²) in [7, 11) is 0. The number of nitrogens with one attached hydrogen (secondary N) is 1.